The summed E-state index contributed by atoms with van der Waals surface area (Å²) in [5.41, 5.74) is 0. The summed E-state index contributed by atoms with van der Waals surface area (Å²) < 4.78 is 15.9. The number of carbonyl (C=O) groups is 2. The van der Waals surface area contributed by atoms with Crippen LogP contribution in [0.3, 0.4) is 0 Å². The van der Waals surface area contributed by atoms with Crippen LogP contribution in [0.5, 0.6) is 0 Å². The number of aliphatic carboxylic acids is 2. The number of carbonyl (C=O) groups excluding carboxylic acids is 1. The number of nitrogens with zero attached hydrogens (tertiary/aromatic N) is 1. The maximum Gasteiger partial charge on any atom is 0.500 e. The molecule has 0 rings (SSSR count). The van der Waals surface area contributed by atoms with Crippen LogP contribution in [-0.2, 0) is 22.9 Å². The van der Waals surface area contributed by atoms with Gasteiger partial charge in [0.05, 0.1) is 26.6 Å². The normalized spacial score (nSPS) is 14.0. The second-order valence-electron chi connectivity index (χ2n) is 5.33. The van der Waals surface area contributed by atoms with Gasteiger partial charge in [0.25, 0.3) is 0 Å². The van der Waals surface area contributed by atoms with Crippen LogP contribution in [0, 0.1) is 0 Å². The smallest absolute Gasteiger partial charge is 0.500 e. The molecule has 0 bridgehead atoms. The number of hydrogen-bond donors (Lipinski definition) is 1. The molecule has 0 fully saturated rings. The van der Waals surface area contributed by atoms with Crippen LogP contribution in [0.25, 0.3) is 0 Å². The van der Waals surface area contributed by atoms with Crippen molar-refractivity contribution in [2.45, 2.75) is 24.9 Å². The van der Waals surface area contributed by atoms with E-state index in [9.17, 15) is 14.7 Å². The topological polar surface area (TPSA) is 105 Å². The lowest BCUT2D eigenvalue weighted by atomic mass is 10.1. The monoisotopic (exact) mass is 323 g/mol. The molecule has 124 valence electrons. The molecular formula is C12H25NO7Si. The van der Waals surface area contributed by atoms with Crippen LogP contribution in [0.1, 0.15) is 12.8 Å². The second-order valence-corrected chi connectivity index (χ2v) is 8.42. The van der Waals surface area contributed by atoms with Crippen molar-refractivity contribution in [2.24, 2.45) is 0 Å². The minimum atomic E-state index is -2.70. The zero-order valence-electron chi connectivity index (χ0n) is 13.2. The van der Waals surface area contributed by atoms with Gasteiger partial charge in [0.15, 0.2) is 0 Å². The molecule has 0 saturated heterocycles. The Bertz CT molecular complexity index is 349. The Kier molecular flexibility index (Phi) is 8.04. The molecule has 21 heavy (non-hydrogen) atoms. The lowest BCUT2D eigenvalue weighted by molar-refractivity contribution is -0.908. The van der Waals surface area contributed by atoms with Crippen molar-refractivity contribution < 1.29 is 37.6 Å². The highest BCUT2D eigenvalue weighted by molar-refractivity contribution is 6.60. The Morgan fingerprint density at radius 1 is 1.19 bits per heavy atom. The van der Waals surface area contributed by atoms with Crippen LogP contribution in [-0.4, -0.2) is 78.3 Å². The average Bonchev–Trinajstić information content (AvgIpc) is 2.41. The van der Waals surface area contributed by atoms with Crippen LogP contribution in [0.2, 0.25) is 6.04 Å². The molecule has 9 heteroatoms. The third-order valence-corrected chi connectivity index (χ3v) is 6.47. The molecule has 0 aliphatic heterocycles. The number of hydrogen-bond acceptors (Lipinski definition) is 6. The van der Waals surface area contributed by atoms with E-state index in [1.54, 1.807) is 14.1 Å². The van der Waals surface area contributed by atoms with Gasteiger partial charge in [-0.1, -0.05) is 0 Å². The van der Waals surface area contributed by atoms with Crippen LogP contribution < -0.4 is 5.11 Å². The van der Waals surface area contributed by atoms with Crippen LogP contribution in [0.4, 0.5) is 0 Å². The van der Waals surface area contributed by atoms with E-state index in [1.807, 2.05) is 0 Å². The van der Waals surface area contributed by atoms with Gasteiger partial charge in [-0.05, 0) is 0 Å². The summed E-state index contributed by atoms with van der Waals surface area (Å²) in [6.07, 6.45) is 0.106. The fourth-order valence-corrected chi connectivity index (χ4v) is 3.90. The van der Waals surface area contributed by atoms with E-state index in [2.05, 4.69) is 0 Å². The van der Waals surface area contributed by atoms with E-state index in [-0.39, 0.29) is 4.48 Å². The van der Waals surface area contributed by atoms with E-state index in [1.165, 1.54) is 21.3 Å². The molecule has 0 unspecified atom stereocenters. The average molecular weight is 323 g/mol. The Morgan fingerprint density at radius 2 is 1.67 bits per heavy atom. The molecule has 0 aromatic rings. The molecular weight excluding hydrogens is 298 g/mol. The molecule has 0 amide bonds. The largest absolute Gasteiger partial charge is 0.544 e. The fraction of sp³-hybridized carbons (Fsp3) is 0.833. The molecule has 0 radical (unpaired) electrons. The van der Waals surface area contributed by atoms with Crippen molar-refractivity contribution in [3.05, 3.63) is 0 Å². The Hall–Kier alpha value is -1.00. The number of quaternary nitrogens is 1. The first-order valence-electron chi connectivity index (χ1n) is 6.55. The maximum absolute atomic E-state index is 11.2. The van der Waals surface area contributed by atoms with Crippen molar-refractivity contribution in [3.63, 3.8) is 0 Å². The third kappa shape index (κ3) is 6.10. The van der Waals surface area contributed by atoms with Crippen molar-refractivity contribution in [3.8, 4) is 0 Å². The van der Waals surface area contributed by atoms with E-state index in [0.29, 0.717) is 19.0 Å². The summed E-state index contributed by atoms with van der Waals surface area (Å²) in [6.45, 7) is 0.441. The maximum atomic E-state index is 11.2. The lowest BCUT2D eigenvalue weighted by Crippen LogP contribution is -2.58. The molecule has 0 aromatic heterocycles. The van der Waals surface area contributed by atoms with Crippen LogP contribution >= 0.6 is 0 Å². The van der Waals surface area contributed by atoms with Crippen molar-refractivity contribution >= 4 is 20.7 Å². The van der Waals surface area contributed by atoms with Gasteiger partial charge in [0.1, 0.15) is 12.5 Å². The first kappa shape index (κ1) is 20.0. The van der Waals surface area contributed by atoms with Crippen molar-refractivity contribution in [2.75, 3.05) is 42.0 Å². The fourth-order valence-electron chi connectivity index (χ4n) is 2.20. The summed E-state index contributed by atoms with van der Waals surface area (Å²) in [5.74, 6) is -2.53. The van der Waals surface area contributed by atoms with Gasteiger partial charge in [-0.25, -0.2) is 0 Å². The molecule has 0 heterocycles. The second kappa shape index (κ2) is 8.44. The lowest BCUT2D eigenvalue weighted by Gasteiger charge is -2.38. The van der Waals surface area contributed by atoms with Gasteiger partial charge in [-0.2, -0.15) is 0 Å². The predicted octanol–water partition coefficient (Wildman–Crippen LogP) is -1.08. The molecule has 0 spiro atoms. The van der Waals surface area contributed by atoms with Crippen LogP contribution in [0.15, 0.2) is 0 Å². The van der Waals surface area contributed by atoms with Gasteiger partial charge < -0.3 is 32.8 Å². The number of likely N-dealkylation sites (N-methyl/N-ethyl adjacent to an activating group) is 1. The zero-order chi connectivity index (χ0) is 16.7. The van der Waals surface area contributed by atoms with Crippen molar-refractivity contribution in [1.82, 2.24) is 0 Å². The standard InChI is InChI=1S/C12H25NO7Si/c1-13(2,10(12(16)17)9-11(14)15)7-6-8-21(18-3,19-4)20-5/h10H,6-9H2,1-5H3,(H-,14,15,16,17)/t10-/m0/s1. The van der Waals surface area contributed by atoms with Crippen molar-refractivity contribution in [1.29, 1.82) is 0 Å². The molecule has 0 aliphatic carbocycles. The number of carboxylic acids is 2. The van der Waals surface area contributed by atoms with E-state index in [0.717, 1.165) is 0 Å². The first-order chi connectivity index (χ1) is 9.64. The number of carboxylic acid groups (broad SMARTS) is 2. The Labute approximate surface area is 126 Å². The predicted molar refractivity (Wildman–Crippen MR) is 74.2 cm³/mol. The molecule has 8 nitrogen and oxygen atoms in total. The van der Waals surface area contributed by atoms with E-state index < -0.39 is 33.2 Å². The minimum absolute atomic E-state index is 0.0102. The van der Waals surface area contributed by atoms with E-state index in [4.69, 9.17) is 18.4 Å². The van der Waals surface area contributed by atoms with Gasteiger partial charge >= 0.3 is 14.8 Å². The van der Waals surface area contributed by atoms with E-state index >= 15 is 0 Å². The molecule has 1 atom stereocenters. The summed E-state index contributed by atoms with van der Waals surface area (Å²) in [5, 5.41) is 20.0. The summed E-state index contributed by atoms with van der Waals surface area (Å²) >= 11 is 0. The van der Waals surface area contributed by atoms with Gasteiger partial charge in [0.2, 0.25) is 0 Å². The summed E-state index contributed by atoms with van der Waals surface area (Å²) in [6, 6.07) is -0.587. The van der Waals surface area contributed by atoms with Gasteiger partial charge in [-0.3, -0.25) is 4.79 Å². The summed E-state index contributed by atoms with van der Waals surface area (Å²) in [4.78, 5) is 21.9. The van der Waals surface area contributed by atoms with Gasteiger partial charge in [-0.15, -0.1) is 0 Å². The molecule has 0 aromatic carbocycles. The highest BCUT2D eigenvalue weighted by Gasteiger charge is 2.39. The highest BCUT2D eigenvalue weighted by Crippen LogP contribution is 2.18. The molecule has 0 aliphatic rings. The first-order valence-corrected chi connectivity index (χ1v) is 8.48. The molecule has 0 saturated carbocycles. The minimum Gasteiger partial charge on any atom is -0.544 e. The summed E-state index contributed by atoms with van der Waals surface area (Å²) in [7, 11) is 5.15. The van der Waals surface area contributed by atoms with Gasteiger partial charge in [0, 0.05) is 33.8 Å². The third-order valence-electron chi connectivity index (χ3n) is 3.63. The zero-order valence-corrected chi connectivity index (χ0v) is 14.2. The SMILES string of the molecule is CO[Si](CCC[N+](C)(C)[C@@H](CC(=O)O)C(=O)[O-])(OC)OC. The quantitative estimate of drug-likeness (QED) is 0.381. The molecule has 1 N–H and O–H groups in total. The Balaban J connectivity index is 4.71. The Morgan fingerprint density at radius 3 is 2.00 bits per heavy atom. The highest BCUT2D eigenvalue weighted by atomic mass is 28.4. The number of rotatable bonds is 11.